The average molecular weight is 258 g/mol. The van der Waals surface area contributed by atoms with Crippen LogP contribution in [0.1, 0.15) is 33.1 Å². The average Bonchev–Trinajstić information content (AvgIpc) is 2.32. The summed E-state index contributed by atoms with van der Waals surface area (Å²) in [4.78, 5) is 26.8. The highest BCUT2D eigenvalue weighted by atomic mass is 16.5. The third-order valence-electron chi connectivity index (χ3n) is 2.58. The van der Waals surface area contributed by atoms with Gasteiger partial charge < -0.3 is 14.5 Å². The van der Waals surface area contributed by atoms with Crippen molar-refractivity contribution in [3.8, 4) is 0 Å². The molecule has 0 atom stereocenters. The van der Waals surface area contributed by atoms with Crippen LogP contribution in [0.25, 0.3) is 0 Å². The van der Waals surface area contributed by atoms with Gasteiger partial charge in [-0.25, -0.2) is 0 Å². The maximum atomic E-state index is 11.7. The Balaban J connectivity index is 4.07. The summed E-state index contributed by atoms with van der Waals surface area (Å²) >= 11 is 0. The number of amides is 1. The number of esters is 1. The third kappa shape index (κ3) is 8.06. The molecule has 0 rings (SSSR count). The highest BCUT2D eigenvalue weighted by Gasteiger charge is 2.13. The van der Waals surface area contributed by atoms with Crippen molar-refractivity contribution in [2.24, 2.45) is 0 Å². The van der Waals surface area contributed by atoms with Crippen molar-refractivity contribution in [3.05, 3.63) is 0 Å². The fourth-order valence-corrected chi connectivity index (χ4v) is 1.62. The van der Waals surface area contributed by atoms with E-state index in [0.717, 1.165) is 13.0 Å². The van der Waals surface area contributed by atoms with Crippen molar-refractivity contribution in [3.63, 3.8) is 0 Å². The standard InChI is InChI=1S/C13H26N2O3/c1-5-12(16)15(10-7-9-14(3)4)11-8-13(17)18-6-2/h5-11H2,1-4H3. The highest BCUT2D eigenvalue weighted by Crippen LogP contribution is 2.00. The van der Waals surface area contributed by atoms with E-state index in [9.17, 15) is 9.59 Å². The molecule has 0 saturated carbocycles. The van der Waals surface area contributed by atoms with Crippen LogP contribution >= 0.6 is 0 Å². The first-order chi connectivity index (χ1) is 8.51. The lowest BCUT2D eigenvalue weighted by atomic mass is 10.3. The Kier molecular flexibility index (Phi) is 9.28. The van der Waals surface area contributed by atoms with Gasteiger partial charge in [0.1, 0.15) is 0 Å². The van der Waals surface area contributed by atoms with Gasteiger partial charge in [0.05, 0.1) is 13.0 Å². The molecule has 0 bridgehead atoms. The molecule has 0 aromatic heterocycles. The number of nitrogens with zero attached hydrogens (tertiary/aromatic N) is 2. The number of hydrogen-bond acceptors (Lipinski definition) is 4. The molecule has 0 aliphatic carbocycles. The zero-order valence-corrected chi connectivity index (χ0v) is 12.1. The van der Waals surface area contributed by atoms with Gasteiger partial charge in [0.15, 0.2) is 0 Å². The van der Waals surface area contributed by atoms with Crippen LogP contribution in [-0.4, -0.2) is 62.0 Å². The number of ether oxygens (including phenoxy) is 1. The second kappa shape index (κ2) is 9.88. The molecule has 5 heteroatoms. The van der Waals surface area contributed by atoms with Crippen molar-refractivity contribution in [2.45, 2.75) is 33.1 Å². The van der Waals surface area contributed by atoms with E-state index in [1.165, 1.54) is 0 Å². The molecule has 0 aromatic carbocycles. The third-order valence-corrected chi connectivity index (χ3v) is 2.58. The van der Waals surface area contributed by atoms with Gasteiger partial charge in [0, 0.05) is 19.5 Å². The van der Waals surface area contributed by atoms with Gasteiger partial charge in [-0.05, 0) is 34.0 Å². The van der Waals surface area contributed by atoms with E-state index < -0.39 is 0 Å². The van der Waals surface area contributed by atoms with Crippen LogP contribution in [-0.2, 0) is 14.3 Å². The minimum absolute atomic E-state index is 0.0954. The molecule has 5 nitrogen and oxygen atoms in total. The molecule has 0 aliphatic heterocycles. The summed E-state index contributed by atoms with van der Waals surface area (Å²) in [6, 6.07) is 0. The smallest absolute Gasteiger partial charge is 0.307 e. The van der Waals surface area contributed by atoms with E-state index in [2.05, 4.69) is 4.90 Å². The minimum Gasteiger partial charge on any atom is -0.466 e. The van der Waals surface area contributed by atoms with Gasteiger partial charge in [-0.2, -0.15) is 0 Å². The molecule has 0 heterocycles. The van der Waals surface area contributed by atoms with Crippen LogP contribution < -0.4 is 0 Å². The Morgan fingerprint density at radius 1 is 1.06 bits per heavy atom. The lowest BCUT2D eigenvalue weighted by Gasteiger charge is -2.22. The van der Waals surface area contributed by atoms with Crippen LogP contribution in [0.15, 0.2) is 0 Å². The zero-order chi connectivity index (χ0) is 14.0. The molecule has 0 N–H and O–H groups in total. The number of carbonyl (C=O) groups excluding carboxylic acids is 2. The molecule has 0 radical (unpaired) electrons. The van der Waals surface area contributed by atoms with Crippen molar-refractivity contribution in [1.29, 1.82) is 0 Å². The van der Waals surface area contributed by atoms with Gasteiger partial charge >= 0.3 is 5.97 Å². The molecular weight excluding hydrogens is 232 g/mol. The van der Waals surface area contributed by atoms with Gasteiger partial charge in [-0.15, -0.1) is 0 Å². The van der Waals surface area contributed by atoms with Gasteiger partial charge in [0.2, 0.25) is 5.91 Å². The summed E-state index contributed by atoms with van der Waals surface area (Å²) in [6.07, 6.45) is 1.67. The normalized spacial score (nSPS) is 10.5. The Bertz CT molecular complexity index is 255. The second-order valence-electron chi connectivity index (χ2n) is 4.45. The highest BCUT2D eigenvalue weighted by molar-refractivity contribution is 5.77. The maximum Gasteiger partial charge on any atom is 0.307 e. The SMILES string of the molecule is CCOC(=O)CCN(CCCN(C)C)C(=O)CC. The maximum absolute atomic E-state index is 11.7. The van der Waals surface area contributed by atoms with E-state index >= 15 is 0 Å². The molecule has 0 aliphatic rings. The Labute approximate surface area is 110 Å². The fraction of sp³-hybridized carbons (Fsp3) is 0.846. The van der Waals surface area contributed by atoms with Crippen molar-refractivity contribution >= 4 is 11.9 Å². The lowest BCUT2D eigenvalue weighted by Crippen LogP contribution is -2.34. The van der Waals surface area contributed by atoms with Crippen molar-refractivity contribution in [2.75, 3.05) is 40.3 Å². The molecular formula is C13H26N2O3. The van der Waals surface area contributed by atoms with Crippen molar-refractivity contribution < 1.29 is 14.3 Å². The molecule has 1 amide bonds. The van der Waals surface area contributed by atoms with Crippen LogP contribution in [0.3, 0.4) is 0 Å². The van der Waals surface area contributed by atoms with Crippen molar-refractivity contribution in [1.82, 2.24) is 9.80 Å². The summed E-state index contributed by atoms with van der Waals surface area (Å²) in [5.74, 6) is -0.142. The fourth-order valence-electron chi connectivity index (χ4n) is 1.62. The molecule has 0 aromatic rings. The predicted octanol–water partition coefficient (Wildman–Crippen LogP) is 1.13. The monoisotopic (exact) mass is 258 g/mol. The second-order valence-corrected chi connectivity index (χ2v) is 4.45. The predicted molar refractivity (Wildman–Crippen MR) is 71.3 cm³/mol. The van der Waals surface area contributed by atoms with Crippen LogP contribution in [0.5, 0.6) is 0 Å². The minimum atomic E-state index is -0.237. The Morgan fingerprint density at radius 2 is 1.72 bits per heavy atom. The number of hydrogen-bond donors (Lipinski definition) is 0. The molecule has 0 spiro atoms. The topological polar surface area (TPSA) is 49.9 Å². The summed E-state index contributed by atoms with van der Waals surface area (Å²) in [5, 5.41) is 0. The van der Waals surface area contributed by atoms with Gasteiger partial charge in [0.25, 0.3) is 0 Å². The Hall–Kier alpha value is -1.10. The Morgan fingerprint density at radius 3 is 2.22 bits per heavy atom. The quantitative estimate of drug-likeness (QED) is 0.582. The molecule has 0 fully saturated rings. The van der Waals surface area contributed by atoms with Crippen LogP contribution in [0, 0.1) is 0 Å². The number of carbonyl (C=O) groups is 2. The van der Waals surface area contributed by atoms with E-state index in [-0.39, 0.29) is 18.3 Å². The first-order valence-electron chi connectivity index (χ1n) is 6.59. The molecule has 0 unspecified atom stereocenters. The van der Waals surface area contributed by atoms with Crippen LogP contribution in [0.2, 0.25) is 0 Å². The summed E-state index contributed by atoms with van der Waals surface area (Å²) < 4.78 is 4.86. The van der Waals surface area contributed by atoms with Gasteiger partial charge in [-0.3, -0.25) is 9.59 Å². The summed E-state index contributed by atoms with van der Waals surface area (Å²) in [7, 11) is 4.01. The largest absolute Gasteiger partial charge is 0.466 e. The molecule has 18 heavy (non-hydrogen) atoms. The van der Waals surface area contributed by atoms with E-state index in [4.69, 9.17) is 4.74 Å². The molecule has 106 valence electrons. The summed E-state index contributed by atoms with van der Waals surface area (Å²) in [5.41, 5.74) is 0. The first-order valence-corrected chi connectivity index (χ1v) is 6.59. The summed E-state index contributed by atoms with van der Waals surface area (Å²) in [6.45, 7) is 6.10. The van der Waals surface area contributed by atoms with E-state index in [0.29, 0.717) is 26.1 Å². The first kappa shape index (κ1) is 16.9. The van der Waals surface area contributed by atoms with E-state index in [1.807, 2.05) is 21.0 Å². The van der Waals surface area contributed by atoms with E-state index in [1.54, 1.807) is 11.8 Å². The lowest BCUT2D eigenvalue weighted by molar-refractivity contribution is -0.144. The zero-order valence-electron chi connectivity index (χ0n) is 12.1. The number of rotatable bonds is 9. The molecule has 0 saturated heterocycles. The van der Waals surface area contributed by atoms with Crippen LogP contribution in [0.4, 0.5) is 0 Å². The van der Waals surface area contributed by atoms with Gasteiger partial charge in [-0.1, -0.05) is 6.92 Å².